The van der Waals surface area contributed by atoms with Crippen LogP contribution in [0.5, 0.6) is 0 Å². The topological polar surface area (TPSA) is 59.0 Å². The molecular weight excluding hydrogens is 320 g/mol. The first kappa shape index (κ1) is 14.8. The van der Waals surface area contributed by atoms with Gasteiger partial charge in [-0.25, -0.2) is 0 Å². The molecule has 0 unspecified atom stereocenters. The number of carbonyl (C=O) groups excluding carboxylic acids is 1. The van der Waals surface area contributed by atoms with Crippen molar-refractivity contribution in [3.8, 4) is 0 Å². The Balaban J connectivity index is 1.79. The molecule has 112 valence electrons. The summed E-state index contributed by atoms with van der Waals surface area (Å²) >= 11 is 6.38. The van der Waals surface area contributed by atoms with E-state index in [4.69, 9.17) is 21.1 Å². The molecule has 3 heterocycles. The van der Waals surface area contributed by atoms with E-state index < -0.39 is 0 Å². The molecular formula is C15H12N2O3S2. The van der Waals surface area contributed by atoms with Crippen molar-refractivity contribution < 1.29 is 13.6 Å². The quantitative estimate of drug-likeness (QED) is 0.487. The van der Waals surface area contributed by atoms with Crippen LogP contribution in [0.1, 0.15) is 23.0 Å². The number of aryl methyl sites for hydroxylation is 2. The smallest absolute Gasteiger partial charge is 0.286 e. The number of rotatable bonds is 3. The zero-order chi connectivity index (χ0) is 15.7. The van der Waals surface area contributed by atoms with Crippen LogP contribution in [0.4, 0.5) is 0 Å². The Morgan fingerprint density at radius 1 is 1.14 bits per heavy atom. The van der Waals surface area contributed by atoms with E-state index in [9.17, 15) is 4.79 Å². The summed E-state index contributed by atoms with van der Waals surface area (Å²) in [5.41, 5.74) is 0. The van der Waals surface area contributed by atoms with E-state index in [1.54, 1.807) is 18.2 Å². The number of thioether (sulfide) groups is 1. The lowest BCUT2D eigenvalue weighted by Gasteiger charge is -2.04. The molecule has 5 nitrogen and oxygen atoms in total. The van der Waals surface area contributed by atoms with Gasteiger partial charge in [0.25, 0.3) is 5.91 Å². The first-order valence-corrected chi connectivity index (χ1v) is 7.70. The molecule has 0 aliphatic carbocycles. The summed E-state index contributed by atoms with van der Waals surface area (Å²) in [6.07, 6.45) is 3.14. The third-order valence-electron chi connectivity index (χ3n) is 2.87. The Morgan fingerprint density at radius 3 is 2.36 bits per heavy atom. The van der Waals surface area contributed by atoms with Gasteiger partial charge in [0.2, 0.25) is 0 Å². The average Bonchev–Trinajstić information content (AvgIpc) is 3.12. The van der Waals surface area contributed by atoms with E-state index in [-0.39, 0.29) is 5.91 Å². The highest BCUT2D eigenvalue weighted by atomic mass is 32.2. The standard InChI is InChI=1S/C15H12N2O3S2/c1-9-3-5-11(19-9)7-13-14(18)17(15(21)22-13)16-8-12-6-4-10(2)20-12/h3-8H,1-2H3/b13-7-,16-8-. The predicted octanol–water partition coefficient (Wildman–Crippen LogP) is 3.72. The Labute approximate surface area is 136 Å². The van der Waals surface area contributed by atoms with Crippen molar-refractivity contribution in [3.63, 3.8) is 0 Å². The summed E-state index contributed by atoms with van der Waals surface area (Å²) in [7, 11) is 0. The van der Waals surface area contributed by atoms with Gasteiger partial charge >= 0.3 is 0 Å². The van der Waals surface area contributed by atoms with Crippen LogP contribution in [0.25, 0.3) is 6.08 Å². The molecule has 0 atom stereocenters. The van der Waals surface area contributed by atoms with E-state index >= 15 is 0 Å². The number of furan rings is 2. The summed E-state index contributed by atoms with van der Waals surface area (Å²) in [5, 5.41) is 5.28. The molecule has 1 fully saturated rings. The van der Waals surface area contributed by atoms with Gasteiger partial charge in [0.15, 0.2) is 4.32 Å². The minimum Gasteiger partial charge on any atom is -0.462 e. The van der Waals surface area contributed by atoms with Crippen molar-refractivity contribution in [1.82, 2.24) is 5.01 Å². The Hall–Kier alpha value is -2.12. The normalized spacial score (nSPS) is 17.4. The first-order valence-electron chi connectivity index (χ1n) is 6.48. The maximum Gasteiger partial charge on any atom is 0.286 e. The molecule has 1 aliphatic rings. The maximum absolute atomic E-state index is 12.3. The zero-order valence-corrected chi connectivity index (χ0v) is 13.5. The largest absolute Gasteiger partial charge is 0.462 e. The van der Waals surface area contributed by atoms with Crippen LogP contribution in [0.2, 0.25) is 0 Å². The van der Waals surface area contributed by atoms with Crippen molar-refractivity contribution in [1.29, 1.82) is 0 Å². The highest BCUT2D eigenvalue weighted by molar-refractivity contribution is 8.26. The van der Waals surface area contributed by atoms with Crippen LogP contribution in [-0.2, 0) is 4.79 Å². The first-order chi connectivity index (χ1) is 10.5. The molecule has 0 spiro atoms. The number of hydrogen-bond acceptors (Lipinski definition) is 6. The summed E-state index contributed by atoms with van der Waals surface area (Å²) in [4.78, 5) is 12.8. The highest BCUT2D eigenvalue weighted by Gasteiger charge is 2.32. The second-order valence-electron chi connectivity index (χ2n) is 4.63. The SMILES string of the molecule is Cc1ccc(/C=N\N2C(=O)/C(=C/c3ccc(C)o3)SC2=S)o1. The Bertz CT molecular complexity index is 801. The van der Waals surface area contributed by atoms with Gasteiger partial charge in [0.05, 0.1) is 11.1 Å². The molecule has 2 aromatic rings. The van der Waals surface area contributed by atoms with Crippen LogP contribution in [0, 0.1) is 13.8 Å². The van der Waals surface area contributed by atoms with Gasteiger partial charge in [-0.3, -0.25) is 4.79 Å². The molecule has 0 radical (unpaired) electrons. The summed E-state index contributed by atoms with van der Waals surface area (Å²) < 4.78 is 11.2. The molecule has 1 saturated heterocycles. The number of thiocarbonyl (C=S) groups is 1. The maximum atomic E-state index is 12.3. The molecule has 0 saturated carbocycles. The Morgan fingerprint density at radius 2 is 1.77 bits per heavy atom. The number of hydrogen-bond donors (Lipinski definition) is 0. The number of amides is 1. The average molecular weight is 332 g/mol. The summed E-state index contributed by atoms with van der Waals surface area (Å²) in [6.45, 7) is 3.68. The van der Waals surface area contributed by atoms with Gasteiger partial charge in [-0.2, -0.15) is 10.1 Å². The minimum atomic E-state index is -0.274. The van der Waals surface area contributed by atoms with Crippen molar-refractivity contribution in [3.05, 3.63) is 52.2 Å². The monoisotopic (exact) mass is 332 g/mol. The van der Waals surface area contributed by atoms with Gasteiger partial charge in [0, 0.05) is 6.08 Å². The zero-order valence-electron chi connectivity index (χ0n) is 11.9. The number of hydrazone groups is 1. The van der Waals surface area contributed by atoms with E-state index in [0.29, 0.717) is 20.7 Å². The van der Waals surface area contributed by atoms with Crippen LogP contribution < -0.4 is 0 Å². The van der Waals surface area contributed by atoms with E-state index in [0.717, 1.165) is 11.5 Å². The van der Waals surface area contributed by atoms with E-state index in [1.165, 1.54) is 23.0 Å². The second-order valence-corrected chi connectivity index (χ2v) is 6.31. The van der Waals surface area contributed by atoms with Crippen molar-refractivity contribution >= 4 is 46.5 Å². The van der Waals surface area contributed by atoms with Crippen LogP contribution in [-0.4, -0.2) is 21.5 Å². The van der Waals surface area contributed by atoms with Gasteiger partial charge < -0.3 is 8.83 Å². The fraction of sp³-hybridized carbons (Fsp3) is 0.133. The van der Waals surface area contributed by atoms with Gasteiger partial charge in [-0.1, -0.05) is 11.8 Å². The lowest BCUT2D eigenvalue weighted by molar-refractivity contribution is -0.122. The van der Waals surface area contributed by atoms with Gasteiger partial charge in [-0.05, 0) is 50.3 Å². The molecule has 2 aromatic heterocycles. The van der Waals surface area contributed by atoms with E-state index in [2.05, 4.69) is 5.10 Å². The molecule has 1 aliphatic heterocycles. The third kappa shape index (κ3) is 3.05. The fourth-order valence-electron chi connectivity index (χ4n) is 1.86. The lowest BCUT2D eigenvalue weighted by atomic mass is 10.4. The molecule has 1 amide bonds. The molecule has 0 bridgehead atoms. The van der Waals surface area contributed by atoms with Crippen LogP contribution in [0.15, 0.2) is 43.1 Å². The molecule has 7 heteroatoms. The van der Waals surface area contributed by atoms with Crippen molar-refractivity contribution in [2.45, 2.75) is 13.8 Å². The molecule has 0 aromatic carbocycles. The summed E-state index contributed by atoms with van der Waals surface area (Å²) in [5.74, 6) is 2.47. The Kier molecular flexibility index (Phi) is 4.00. The van der Waals surface area contributed by atoms with E-state index in [1.807, 2.05) is 26.0 Å². The predicted molar refractivity (Wildman–Crippen MR) is 89.5 cm³/mol. The van der Waals surface area contributed by atoms with Crippen molar-refractivity contribution in [2.75, 3.05) is 0 Å². The third-order valence-corrected chi connectivity index (χ3v) is 4.15. The van der Waals surface area contributed by atoms with Crippen LogP contribution >= 0.6 is 24.0 Å². The van der Waals surface area contributed by atoms with Crippen molar-refractivity contribution in [2.24, 2.45) is 5.10 Å². The fourth-order valence-corrected chi connectivity index (χ4v) is 3.01. The van der Waals surface area contributed by atoms with Crippen LogP contribution in [0.3, 0.4) is 0 Å². The second kappa shape index (κ2) is 5.94. The molecule has 22 heavy (non-hydrogen) atoms. The minimum absolute atomic E-state index is 0.274. The molecule has 3 rings (SSSR count). The number of carbonyl (C=O) groups is 1. The van der Waals surface area contributed by atoms with Gasteiger partial charge in [0.1, 0.15) is 23.0 Å². The summed E-state index contributed by atoms with van der Waals surface area (Å²) in [6, 6.07) is 7.24. The molecule has 0 N–H and O–H groups in total. The lowest BCUT2D eigenvalue weighted by Crippen LogP contribution is -2.22. The van der Waals surface area contributed by atoms with Gasteiger partial charge in [-0.15, -0.1) is 0 Å². The highest BCUT2D eigenvalue weighted by Crippen LogP contribution is 2.33. The number of nitrogens with zero attached hydrogens (tertiary/aromatic N) is 2.